The molecule has 1 rings (SSSR count). The number of rotatable bonds is 3. The van der Waals surface area contributed by atoms with E-state index in [0.717, 1.165) is 5.56 Å². The highest BCUT2D eigenvalue weighted by Gasteiger charge is 2.08. The molecule has 0 aliphatic heterocycles. The second-order valence-electron chi connectivity index (χ2n) is 2.71. The van der Waals surface area contributed by atoms with Crippen LogP contribution in [-0.4, -0.2) is 11.1 Å². The van der Waals surface area contributed by atoms with Gasteiger partial charge in [0, 0.05) is 0 Å². The molecule has 0 bridgehead atoms. The Labute approximate surface area is 71.8 Å². The molecule has 1 aromatic carbocycles. The van der Waals surface area contributed by atoms with Gasteiger partial charge in [-0.2, -0.15) is 0 Å². The zero-order valence-corrected chi connectivity index (χ0v) is 6.73. The molecule has 63 valence electrons. The van der Waals surface area contributed by atoms with Crippen LogP contribution in [0.5, 0.6) is 0 Å². The molecular weight excluding hydrogens is 152 g/mol. The van der Waals surface area contributed by atoms with Crippen molar-refractivity contribution >= 4 is 5.97 Å². The SMILES string of the molecule is [CH2]C(CC(=O)O)c1ccccc1. The fourth-order valence-electron chi connectivity index (χ4n) is 1.05. The molecule has 1 atom stereocenters. The van der Waals surface area contributed by atoms with Crippen molar-refractivity contribution in [3.8, 4) is 0 Å². The average molecular weight is 163 g/mol. The molecule has 0 aliphatic rings. The Morgan fingerprint density at radius 2 is 2.00 bits per heavy atom. The normalized spacial score (nSPS) is 12.4. The highest BCUT2D eigenvalue weighted by molar-refractivity contribution is 5.68. The molecule has 0 spiro atoms. The van der Waals surface area contributed by atoms with Crippen molar-refractivity contribution in [1.82, 2.24) is 0 Å². The lowest BCUT2D eigenvalue weighted by molar-refractivity contribution is -0.137. The Balaban J connectivity index is 2.65. The van der Waals surface area contributed by atoms with Crippen LogP contribution >= 0.6 is 0 Å². The molecule has 2 heteroatoms. The van der Waals surface area contributed by atoms with Crippen LogP contribution in [0.25, 0.3) is 0 Å². The van der Waals surface area contributed by atoms with Gasteiger partial charge < -0.3 is 5.11 Å². The molecule has 0 aromatic heterocycles. The van der Waals surface area contributed by atoms with Crippen LogP contribution in [-0.2, 0) is 4.79 Å². The summed E-state index contributed by atoms with van der Waals surface area (Å²) in [5.74, 6) is -0.956. The number of hydrogen-bond donors (Lipinski definition) is 1. The first-order valence-corrected chi connectivity index (χ1v) is 3.80. The maximum atomic E-state index is 10.3. The summed E-state index contributed by atoms with van der Waals surface area (Å²) in [6.45, 7) is 3.77. The van der Waals surface area contributed by atoms with E-state index in [1.54, 1.807) is 0 Å². The van der Waals surface area contributed by atoms with Gasteiger partial charge in [-0.1, -0.05) is 30.3 Å². The van der Waals surface area contributed by atoms with Crippen LogP contribution in [0.1, 0.15) is 17.9 Å². The molecule has 2 nitrogen and oxygen atoms in total. The number of carbonyl (C=O) groups is 1. The molecule has 0 heterocycles. The van der Waals surface area contributed by atoms with Crippen LogP contribution in [0.15, 0.2) is 30.3 Å². The second kappa shape index (κ2) is 3.90. The van der Waals surface area contributed by atoms with Gasteiger partial charge in [-0.05, 0) is 18.4 Å². The first kappa shape index (κ1) is 8.78. The minimum absolute atomic E-state index is 0.0873. The zero-order chi connectivity index (χ0) is 8.97. The van der Waals surface area contributed by atoms with Crippen molar-refractivity contribution < 1.29 is 9.90 Å². The average Bonchev–Trinajstić information content (AvgIpc) is 2.05. The van der Waals surface area contributed by atoms with E-state index < -0.39 is 5.97 Å². The molecule has 0 aliphatic carbocycles. The third-order valence-corrected chi connectivity index (χ3v) is 1.69. The predicted octanol–water partition coefficient (Wildman–Crippen LogP) is 2.08. The molecule has 0 saturated carbocycles. The number of aliphatic carboxylic acids is 1. The van der Waals surface area contributed by atoms with E-state index in [-0.39, 0.29) is 12.3 Å². The van der Waals surface area contributed by atoms with Crippen molar-refractivity contribution in [3.63, 3.8) is 0 Å². The molecule has 1 aromatic rings. The van der Waals surface area contributed by atoms with Crippen LogP contribution in [0.3, 0.4) is 0 Å². The number of benzene rings is 1. The van der Waals surface area contributed by atoms with Gasteiger partial charge in [0.1, 0.15) is 0 Å². The summed E-state index contributed by atoms with van der Waals surface area (Å²) >= 11 is 0. The van der Waals surface area contributed by atoms with Crippen molar-refractivity contribution in [2.75, 3.05) is 0 Å². The van der Waals surface area contributed by atoms with E-state index in [2.05, 4.69) is 6.92 Å². The van der Waals surface area contributed by atoms with E-state index in [1.807, 2.05) is 30.3 Å². The molecule has 0 saturated heterocycles. The molecular formula is C10H11O2. The summed E-state index contributed by atoms with van der Waals surface area (Å²) in [5, 5.41) is 8.51. The Kier molecular flexibility index (Phi) is 2.86. The van der Waals surface area contributed by atoms with Crippen molar-refractivity contribution in [3.05, 3.63) is 42.8 Å². The summed E-state index contributed by atoms with van der Waals surface area (Å²) < 4.78 is 0. The van der Waals surface area contributed by atoms with E-state index in [0.29, 0.717) is 0 Å². The van der Waals surface area contributed by atoms with Gasteiger partial charge in [-0.25, -0.2) is 0 Å². The summed E-state index contributed by atoms with van der Waals surface area (Å²) in [5.41, 5.74) is 0.972. The lowest BCUT2D eigenvalue weighted by atomic mass is 9.98. The van der Waals surface area contributed by atoms with Crippen molar-refractivity contribution in [2.45, 2.75) is 12.3 Å². The van der Waals surface area contributed by atoms with Crippen LogP contribution < -0.4 is 0 Å². The van der Waals surface area contributed by atoms with Gasteiger partial charge in [0.15, 0.2) is 0 Å². The largest absolute Gasteiger partial charge is 0.481 e. The number of hydrogen-bond acceptors (Lipinski definition) is 1. The highest BCUT2D eigenvalue weighted by atomic mass is 16.4. The Hall–Kier alpha value is -1.31. The number of carboxylic acid groups (broad SMARTS) is 1. The van der Waals surface area contributed by atoms with Crippen molar-refractivity contribution in [2.24, 2.45) is 0 Å². The minimum atomic E-state index is -0.807. The Morgan fingerprint density at radius 1 is 1.42 bits per heavy atom. The van der Waals surface area contributed by atoms with Gasteiger partial charge in [0.2, 0.25) is 0 Å². The fraction of sp³-hybridized carbons (Fsp3) is 0.200. The molecule has 0 fully saturated rings. The molecule has 12 heavy (non-hydrogen) atoms. The lowest BCUT2D eigenvalue weighted by Crippen LogP contribution is -2.02. The Morgan fingerprint density at radius 3 is 2.50 bits per heavy atom. The first-order chi connectivity index (χ1) is 5.70. The first-order valence-electron chi connectivity index (χ1n) is 3.80. The molecule has 1 unspecified atom stereocenters. The van der Waals surface area contributed by atoms with Gasteiger partial charge in [0.05, 0.1) is 6.42 Å². The maximum Gasteiger partial charge on any atom is 0.303 e. The molecule has 1 radical (unpaired) electrons. The van der Waals surface area contributed by atoms with Crippen LogP contribution in [0.2, 0.25) is 0 Å². The van der Waals surface area contributed by atoms with Gasteiger partial charge in [0.25, 0.3) is 0 Å². The summed E-state index contributed by atoms with van der Waals surface area (Å²) in [4.78, 5) is 10.3. The van der Waals surface area contributed by atoms with Gasteiger partial charge in [-0.3, -0.25) is 4.79 Å². The van der Waals surface area contributed by atoms with E-state index in [9.17, 15) is 4.79 Å². The monoisotopic (exact) mass is 163 g/mol. The number of carboxylic acids is 1. The van der Waals surface area contributed by atoms with Gasteiger partial charge >= 0.3 is 5.97 Å². The summed E-state index contributed by atoms with van der Waals surface area (Å²) in [6, 6.07) is 9.45. The lowest BCUT2D eigenvalue weighted by Gasteiger charge is -2.07. The van der Waals surface area contributed by atoms with Crippen LogP contribution in [0.4, 0.5) is 0 Å². The maximum absolute atomic E-state index is 10.3. The quantitative estimate of drug-likeness (QED) is 0.740. The van der Waals surface area contributed by atoms with E-state index >= 15 is 0 Å². The standard InChI is InChI=1S/C10H11O2/c1-8(7-10(11)12)9-5-3-2-4-6-9/h2-6,8H,1,7H2,(H,11,12). The van der Waals surface area contributed by atoms with Gasteiger partial charge in [-0.15, -0.1) is 0 Å². The fourth-order valence-corrected chi connectivity index (χ4v) is 1.05. The summed E-state index contributed by atoms with van der Waals surface area (Å²) in [6.07, 6.45) is 0.0873. The highest BCUT2D eigenvalue weighted by Crippen LogP contribution is 2.17. The molecule has 0 amide bonds. The third kappa shape index (κ3) is 2.38. The summed E-state index contributed by atoms with van der Waals surface area (Å²) in [7, 11) is 0. The molecule has 1 N–H and O–H groups in total. The zero-order valence-electron chi connectivity index (χ0n) is 6.73. The smallest absolute Gasteiger partial charge is 0.303 e. The second-order valence-corrected chi connectivity index (χ2v) is 2.71. The Bertz CT molecular complexity index is 254. The van der Waals surface area contributed by atoms with E-state index in [4.69, 9.17) is 5.11 Å². The predicted molar refractivity (Wildman–Crippen MR) is 46.8 cm³/mol. The van der Waals surface area contributed by atoms with Crippen molar-refractivity contribution in [1.29, 1.82) is 0 Å². The third-order valence-electron chi connectivity index (χ3n) is 1.69. The van der Waals surface area contributed by atoms with E-state index in [1.165, 1.54) is 0 Å². The topological polar surface area (TPSA) is 37.3 Å². The van der Waals surface area contributed by atoms with Crippen LogP contribution in [0, 0.1) is 6.92 Å². The minimum Gasteiger partial charge on any atom is -0.481 e.